The largest absolute Gasteiger partial charge is 0.392 e. The van der Waals surface area contributed by atoms with E-state index in [2.05, 4.69) is 0 Å². The lowest BCUT2D eigenvalue weighted by Gasteiger charge is -2.27. The van der Waals surface area contributed by atoms with Crippen molar-refractivity contribution in [3.8, 4) is 0 Å². The van der Waals surface area contributed by atoms with Crippen molar-refractivity contribution in [3.05, 3.63) is 0 Å². The van der Waals surface area contributed by atoms with Crippen molar-refractivity contribution in [1.82, 2.24) is 0 Å². The van der Waals surface area contributed by atoms with Crippen LogP contribution >= 0.6 is 7.14 Å². The molecule has 3 heteroatoms. The van der Waals surface area contributed by atoms with Crippen LogP contribution in [0.15, 0.2) is 0 Å². The second-order valence-electron chi connectivity index (χ2n) is 4.64. The van der Waals surface area contributed by atoms with E-state index in [0.717, 1.165) is 0 Å². The maximum absolute atomic E-state index is 11.3. The molecule has 0 saturated carbocycles. The molecule has 0 amide bonds. The van der Waals surface area contributed by atoms with E-state index in [1.807, 2.05) is 20.8 Å². The highest BCUT2D eigenvalue weighted by Gasteiger charge is 2.26. The normalized spacial score (nSPS) is 16.5. The van der Waals surface area contributed by atoms with E-state index in [-0.39, 0.29) is 5.41 Å². The lowest BCUT2D eigenvalue weighted by atomic mass is 9.90. The van der Waals surface area contributed by atoms with Crippen LogP contribution in [0.2, 0.25) is 0 Å². The van der Waals surface area contributed by atoms with Crippen molar-refractivity contribution in [2.24, 2.45) is 5.41 Å². The van der Waals surface area contributed by atoms with Crippen molar-refractivity contribution < 1.29 is 9.67 Å². The van der Waals surface area contributed by atoms with Crippen molar-refractivity contribution in [2.45, 2.75) is 26.9 Å². The van der Waals surface area contributed by atoms with Crippen LogP contribution in [0.1, 0.15) is 20.8 Å². The van der Waals surface area contributed by atoms with Gasteiger partial charge in [-0.3, -0.25) is 0 Å². The molecule has 0 aliphatic heterocycles. The van der Waals surface area contributed by atoms with Crippen LogP contribution in [-0.4, -0.2) is 30.7 Å². The SMILES string of the molecule is CC(C)(C)C(O)CP(C)(C)=O. The Labute approximate surface area is 69.4 Å². The molecular formula is C8H19O2P. The van der Waals surface area contributed by atoms with Crippen molar-refractivity contribution >= 4 is 7.14 Å². The van der Waals surface area contributed by atoms with Crippen LogP contribution in [0.25, 0.3) is 0 Å². The van der Waals surface area contributed by atoms with Crippen LogP contribution in [0.4, 0.5) is 0 Å². The molecule has 2 nitrogen and oxygen atoms in total. The molecule has 0 aromatic rings. The van der Waals surface area contributed by atoms with Gasteiger partial charge in [0.25, 0.3) is 0 Å². The van der Waals surface area contributed by atoms with Crippen molar-refractivity contribution in [1.29, 1.82) is 0 Å². The smallest absolute Gasteiger partial charge is 0.0844 e. The number of hydrogen-bond donors (Lipinski definition) is 1. The van der Waals surface area contributed by atoms with Crippen molar-refractivity contribution in [3.63, 3.8) is 0 Å². The molecule has 0 aromatic heterocycles. The van der Waals surface area contributed by atoms with Crippen LogP contribution in [0.5, 0.6) is 0 Å². The average molecular weight is 178 g/mol. The molecule has 0 aromatic carbocycles. The Hall–Kier alpha value is 0.190. The van der Waals surface area contributed by atoms with Gasteiger partial charge in [0.15, 0.2) is 0 Å². The summed E-state index contributed by atoms with van der Waals surface area (Å²) in [6.45, 7) is 9.28. The fourth-order valence-electron chi connectivity index (χ4n) is 0.690. The summed E-state index contributed by atoms with van der Waals surface area (Å²) >= 11 is 0. The van der Waals surface area contributed by atoms with Crippen LogP contribution < -0.4 is 0 Å². The molecule has 68 valence electrons. The molecule has 0 aliphatic carbocycles. The molecule has 0 bridgehead atoms. The van der Waals surface area contributed by atoms with Gasteiger partial charge in [-0.1, -0.05) is 20.8 Å². The van der Waals surface area contributed by atoms with Gasteiger partial charge in [0, 0.05) is 6.16 Å². The van der Waals surface area contributed by atoms with Gasteiger partial charge in [0.2, 0.25) is 0 Å². The van der Waals surface area contributed by atoms with Gasteiger partial charge in [-0.25, -0.2) is 0 Å². The number of hydrogen-bond acceptors (Lipinski definition) is 2. The molecule has 11 heavy (non-hydrogen) atoms. The summed E-state index contributed by atoms with van der Waals surface area (Å²) in [6.07, 6.45) is -0.0282. The molecule has 1 N–H and O–H groups in total. The van der Waals surface area contributed by atoms with E-state index in [0.29, 0.717) is 6.16 Å². The molecule has 0 aliphatic rings. The quantitative estimate of drug-likeness (QED) is 0.657. The van der Waals surface area contributed by atoms with E-state index in [9.17, 15) is 9.67 Å². The standard InChI is InChI=1S/C8H19O2P/c1-8(2,3)7(9)6-11(4,5)10/h7,9H,6H2,1-5H3. The second kappa shape index (κ2) is 3.28. The summed E-state index contributed by atoms with van der Waals surface area (Å²) in [6, 6.07) is 0. The van der Waals surface area contributed by atoms with Gasteiger partial charge in [-0.05, 0) is 18.7 Å². The van der Waals surface area contributed by atoms with E-state index in [4.69, 9.17) is 0 Å². The molecule has 0 radical (unpaired) electrons. The third-order valence-corrected chi connectivity index (χ3v) is 2.84. The minimum absolute atomic E-state index is 0.151. The molecule has 0 spiro atoms. The maximum Gasteiger partial charge on any atom is 0.0844 e. The highest BCUT2D eigenvalue weighted by molar-refractivity contribution is 7.62. The van der Waals surface area contributed by atoms with Gasteiger partial charge in [0.05, 0.1) is 13.2 Å². The van der Waals surface area contributed by atoms with Crippen molar-refractivity contribution in [2.75, 3.05) is 19.5 Å². The zero-order chi connectivity index (χ0) is 9.28. The Kier molecular flexibility index (Phi) is 3.34. The Morgan fingerprint density at radius 1 is 1.36 bits per heavy atom. The average Bonchev–Trinajstić information content (AvgIpc) is 1.56. The lowest BCUT2D eigenvalue weighted by Crippen LogP contribution is -2.29. The van der Waals surface area contributed by atoms with Gasteiger partial charge < -0.3 is 9.67 Å². The highest BCUT2D eigenvalue weighted by Crippen LogP contribution is 2.39. The van der Waals surface area contributed by atoms with Crippen LogP contribution in [0, 0.1) is 5.41 Å². The van der Waals surface area contributed by atoms with E-state index in [1.165, 1.54) is 0 Å². The maximum atomic E-state index is 11.3. The van der Waals surface area contributed by atoms with E-state index in [1.54, 1.807) is 13.3 Å². The summed E-state index contributed by atoms with van der Waals surface area (Å²) in [5.74, 6) is 0. The summed E-state index contributed by atoms with van der Waals surface area (Å²) in [5.41, 5.74) is -0.151. The molecule has 0 fully saturated rings. The van der Waals surface area contributed by atoms with Crippen LogP contribution in [-0.2, 0) is 4.57 Å². The molecule has 0 heterocycles. The molecular weight excluding hydrogens is 159 g/mol. The first-order valence-corrected chi connectivity index (χ1v) is 6.63. The number of aliphatic hydroxyl groups excluding tert-OH is 1. The Bertz CT molecular complexity index is 163. The van der Waals surface area contributed by atoms with E-state index >= 15 is 0 Å². The molecule has 1 unspecified atom stereocenters. The summed E-state index contributed by atoms with van der Waals surface area (Å²) in [5, 5.41) is 9.55. The third kappa shape index (κ3) is 5.46. The van der Waals surface area contributed by atoms with Gasteiger partial charge in [0.1, 0.15) is 0 Å². The molecule has 1 atom stereocenters. The summed E-state index contributed by atoms with van der Waals surface area (Å²) in [7, 11) is -2.07. The van der Waals surface area contributed by atoms with Gasteiger partial charge in [-0.15, -0.1) is 0 Å². The monoisotopic (exact) mass is 178 g/mol. The minimum Gasteiger partial charge on any atom is -0.392 e. The Balaban J connectivity index is 4.10. The predicted octanol–water partition coefficient (Wildman–Crippen LogP) is 2.02. The summed E-state index contributed by atoms with van der Waals surface area (Å²) in [4.78, 5) is 0. The fraction of sp³-hybridized carbons (Fsp3) is 1.00. The minimum atomic E-state index is -2.07. The zero-order valence-corrected chi connectivity index (χ0v) is 8.98. The Morgan fingerprint density at radius 3 is 1.82 bits per heavy atom. The van der Waals surface area contributed by atoms with E-state index < -0.39 is 13.2 Å². The van der Waals surface area contributed by atoms with Gasteiger partial charge in [-0.2, -0.15) is 0 Å². The third-order valence-electron chi connectivity index (χ3n) is 1.61. The fourth-order valence-corrected chi connectivity index (χ4v) is 2.07. The lowest BCUT2D eigenvalue weighted by molar-refractivity contribution is 0.0825. The van der Waals surface area contributed by atoms with Crippen LogP contribution in [0.3, 0.4) is 0 Å². The first kappa shape index (κ1) is 11.2. The summed E-state index contributed by atoms with van der Waals surface area (Å²) < 4.78 is 11.3. The Morgan fingerprint density at radius 2 is 1.73 bits per heavy atom. The first-order chi connectivity index (χ1) is 4.63. The first-order valence-electron chi connectivity index (χ1n) is 3.85. The van der Waals surface area contributed by atoms with Gasteiger partial charge >= 0.3 is 0 Å². The second-order valence-corrected chi connectivity index (χ2v) is 8.15. The number of aliphatic hydroxyl groups is 1. The molecule has 0 rings (SSSR count). The zero-order valence-electron chi connectivity index (χ0n) is 8.09. The molecule has 0 saturated heterocycles. The number of rotatable bonds is 2. The highest BCUT2D eigenvalue weighted by atomic mass is 31.2. The predicted molar refractivity (Wildman–Crippen MR) is 49.8 cm³/mol. The topological polar surface area (TPSA) is 37.3 Å².